The summed E-state index contributed by atoms with van der Waals surface area (Å²) in [5.74, 6) is 4.75. The van der Waals surface area contributed by atoms with Crippen LogP contribution in [0, 0.1) is 13.8 Å². The SMILES string of the molecule is CCn1nc(C)cc1C(=O)Nc1nc2cc(C(N)=O)cc(OC)c2n1C/C=C/CN1c2c(OCCCNN)cc(C(N)=O)cc2N(C)C1NC(O)c1cc(C)nn1CC. The minimum absolute atomic E-state index is 0.193. The fourth-order valence-corrected chi connectivity index (χ4v) is 7.18. The van der Waals surface area contributed by atoms with Crippen LogP contribution in [0.1, 0.15) is 74.8 Å². The number of hydrazine groups is 1. The Hall–Kier alpha value is -6.48. The van der Waals surface area contributed by atoms with Crippen LogP contribution in [-0.4, -0.2) is 92.1 Å². The third-order valence-corrected chi connectivity index (χ3v) is 9.94. The van der Waals surface area contributed by atoms with Crippen LogP contribution in [0.4, 0.5) is 17.3 Å². The Bertz CT molecular complexity index is 2380. The Balaban J connectivity index is 1.38. The van der Waals surface area contributed by atoms with Gasteiger partial charge in [-0.3, -0.25) is 40.3 Å². The number of imidazole rings is 1. The van der Waals surface area contributed by atoms with Crippen molar-refractivity contribution in [3.63, 3.8) is 0 Å². The second-order valence-corrected chi connectivity index (χ2v) is 14.0. The predicted octanol–water partition coefficient (Wildman–Crippen LogP) is 1.85. The number of fused-ring (bicyclic) bond motifs is 2. The number of aryl methyl sites for hydroxylation is 4. The molecule has 1 aliphatic rings. The number of amides is 3. The lowest BCUT2D eigenvalue weighted by Crippen LogP contribution is -2.53. The molecule has 3 aromatic heterocycles. The zero-order valence-corrected chi connectivity index (χ0v) is 34.0. The van der Waals surface area contributed by atoms with Crippen LogP contribution in [0.25, 0.3) is 11.0 Å². The number of methoxy groups -OCH3 is 1. The van der Waals surface area contributed by atoms with E-state index in [0.717, 1.165) is 5.69 Å². The Kier molecular flexibility index (Phi) is 12.8. The molecule has 0 saturated heterocycles. The van der Waals surface area contributed by atoms with E-state index in [9.17, 15) is 19.5 Å². The van der Waals surface area contributed by atoms with E-state index in [1.165, 1.54) is 13.2 Å². The minimum Gasteiger partial charge on any atom is -0.494 e. The largest absolute Gasteiger partial charge is 0.494 e. The van der Waals surface area contributed by atoms with Crippen molar-refractivity contribution in [3.8, 4) is 11.5 Å². The van der Waals surface area contributed by atoms with Gasteiger partial charge in [-0.1, -0.05) is 12.2 Å². The fourth-order valence-electron chi connectivity index (χ4n) is 7.18. The average Bonchev–Trinajstić information content (AvgIpc) is 3.96. The highest BCUT2D eigenvalue weighted by Crippen LogP contribution is 2.46. The van der Waals surface area contributed by atoms with Crippen molar-refractivity contribution >= 4 is 46.1 Å². The fraction of sp³-hybridized carbons (Fsp3) is 0.385. The molecular weight excluding hydrogens is 761 g/mol. The number of hydrogen-bond acceptors (Lipinski definition) is 14. The number of nitrogens with one attached hydrogen (secondary N) is 3. The molecule has 0 radical (unpaired) electrons. The summed E-state index contributed by atoms with van der Waals surface area (Å²) in [4.78, 5) is 47.0. The number of aromatic nitrogens is 6. The first-order valence-electron chi connectivity index (χ1n) is 19.2. The zero-order valence-electron chi connectivity index (χ0n) is 34.0. The van der Waals surface area contributed by atoms with Gasteiger partial charge in [-0.15, -0.1) is 0 Å². The normalized spacial score (nSPS) is 14.3. The van der Waals surface area contributed by atoms with Gasteiger partial charge in [-0.25, -0.2) is 10.3 Å². The molecule has 5 aromatic rings. The molecule has 6 rings (SSSR count). The molecule has 59 heavy (non-hydrogen) atoms. The lowest BCUT2D eigenvalue weighted by Gasteiger charge is -2.33. The Morgan fingerprint density at radius 3 is 2.27 bits per heavy atom. The molecule has 0 spiro atoms. The molecule has 2 atom stereocenters. The summed E-state index contributed by atoms with van der Waals surface area (Å²) in [5.41, 5.74) is 19.1. The summed E-state index contributed by atoms with van der Waals surface area (Å²) >= 11 is 0. The number of allylic oxidation sites excluding steroid dienone is 1. The number of hydrogen-bond donors (Lipinski definition) is 7. The average molecular weight is 813 g/mol. The molecule has 10 N–H and O–H groups in total. The van der Waals surface area contributed by atoms with Crippen molar-refractivity contribution in [2.24, 2.45) is 17.3 Å². The van der Waals surface area contributed by atoms with E-state index in [0.29, 0.717) is 83.7 Å². The molecule has 314 valence electrons. The van der Waals surface area contributed by atoms with Gasteiger partial charge < -0.3 is 40.4 Å². The maximum absolute atomic E-state index is 13.7. The standard InChI is InChI=1S/C39H52N14O6/c1-7-52-28(16-22(3)47-52)36(56)45-38-44-26-18-24(34(40)54)20-30(58-6)32(26)50(38)13-9-10-14-51-33-27(19-25(35(41)55)21-31(33)59-15-11-12-43-42)49(5)39(51)46-37(57)29-17-23(4)48-53(29)8-2/h9-10,16-21,37,39,43,46,57H,7-8,11-15,42H2,1-6H3,(H2,40,54)(H2,41,55)(H,44,45,56)/b10-9+. The van der Waals surface area contributed by atoms with Gasteiger partial charge in [0, 0.05) is 50.9 Å². The summed E-state index contributed by atoms with van der Waals surface area (Å²) < 4.78 is 17.1. The molecule has 2 aromatic carbocycles. The van der Waals surface area contributed by atoms with Gasteiger partial charge in [0.1, 0.15) is 28.4 Å². The van der Waals surface area contributed by atoms with Crippen LogP contribution in [0.3, 0.4) is 0 Å². The summed E-state index contributed by atoms with van der Waals surface area (Å²) in [5, 5.41) is 26.8. The Morgan fingerprint density at radius 1 is 0.932 bits per heavy atom. The highest BCUT2D eigenvalue weighted by molar-refractivity contribution is 6.04. The second-order valence-electron chi connectivity index (χ2n) is 14.0. The number of carbonyl (C=O) groups is 3. The third kappa shape index (κ3) is 8.70. The van der Waals surface area contributed by atoms with Crippen molar-refractivity contribution in [2.75, 3.05) is 49.0 Å². The van der Waals surface area contributed by atoms with Gasteiger partial charge in [0.15, 0.2) is 12.5 Å². The van der Waals surface area contributed by atoms with E-state index in [-0.39, 0.29) is 30.2 Å². The van der Waals surface area contributed by atoms with E-state index in [4.69, 9.17) is 31.8 Å². The smallest absolute Gasteiger partial charge is 0.276 e. The highest BCUT2D eigenvalue weighted by atomic mass is 16.5. The van der Waals surface area contributed by atoms with Crippen molar-refractivity contribution in [3.05, 3.63) is 82.5 Å². The predicted molar refractivity (Wildman–Crippen MR) is 222 cm³/mol. The van der Waals surface area contributed by atoms with E-state index >= 15 is 0 Å². The molecule has 4 heterocycles. The molecule has 0 fully saturated rings. The second kappa shape index (κ2) is 18.0. The third-order valence-electron chi connectivity index (χ3n) is 9.94. The number of rotatable bonds is 19. The van der Waals surface area contributed by atoms with Crippen LogP contribution < -0.4 is 52.6 Å². The van der Waals surface area contributed by atoms with Gasteiger partial charge >= 0.3 is 0 Å². The summed E-state index contributed by atoms with van der Waals surface area (Å²) in [6.45, 7) is 9.82. The number of anilines is 3. The Labute approximate surface area is 340 Å². The number of nitrogens with two attached hydrogens (primary N) is 3. The quantitative estimate of drug-likeness (QED) is 0.0206. The van der Waals surface area contributed by atoms with E-state index < -0.39 is 30.2 Å². The van der Waals surface area contributed by atoms with Crippen molar-refractivity contribution in [2.45, 2.75) is 66.3 Å². The summed E-state index contributed by atoms with van der Waals surface area (Å²) in [7, 11) is 3.31. The molecule has 20 nitrogen and oxygen atoms in total. The molecule has 1 aliphatic heterocycles. The first kappa shape index (κ1) is 42.1. The van der Waals surface area contributed by atoms with Crippen LogP contribution in [-0.2, 0) is 19.6 Å². The van der Waals surface area contributed by atoms with Gasteiger partial charge in [-0.2, -0.15) is 10.2 Å². The van der Waals surface area contributed by atoms with Gasteiger partial charge in [0.25, 0.3) is 5.91 Å². The summed E-state index contributed by atoms with van der Waals surface area (Å²) in [6.07, 6.45) is 2.63. The van der Waals surface area contributed by atoms with Gasteiger partial charge in [0.2, 0.25) is 17.8 Å². The first-order valence-corrected chi connectivity index (χ1v) is 19.2. The summed E-state index contributed by atoms with van der Waals surface area (Å²) in [6, 6.07) is 9.91. The number of benzene rings is 2. The van der Waals surface area contributed by atoms with Gasteiger partial charge in [0.05, 0.1) is 42.0 Å². The molecule has 3 amide bonds. The number of nitrogens with zero attached hydrogens (tertiary/aromatic N) is 8. The number of aliphatic hydroxyl groups is 1. The lowest BCUT2D eigenvalue weighted by molar-refractivity contribution is 0.0991. The Morgan fingerprint density at radius 2 is 1.59 bits per heavy atom. The van der Waals surface area contributed by atoms with Crippen LogP contribution in [0.2, 0.25) is 0 Å². The van der Waals surface area contributed by atoms with E-state index in [2.05, 4.69) is 26.3 Å². The van der Waals surface area contributed by atoms with Crippen molar-refractivity contribution in [1.82, 2.24) is 39.9 Å². The molecule has 0 bridgehead atoms. The van der Waals surface area contributed by atoms with Crippen LogP contribution >= 0.6 is 0 Å². The monoisotopic (exact) mass is 812 g/mol. The minimum atomic E-state index is -1.13. The van der Waals surface area contributed by atoms with Crippen molar-refractivity contribution in [1.29, 1.82) is 0 Å². The molecule has 0 saturated carbocycles. The molecule has 0 aliphatic carbocycles. The maximum Gasteiger partial charge on any atom is 0.276 e. The maximum atomic E-state index is 13.7. The number of aliphatic hydroxyl groups excluding tert-OH is 1. The number of primary amides is 2. The van der Waals surface area contributed by atoms with Crippen molar-refractivity contribution < 1.29 is 29.0 Å². The number of carbonyl (C=O) groups excluding carboxylic acids is 3. The van der Waals surface area contributed by atoms with E-state index in [1.54, 1.807) is 38.2 Å². The zero-order chi connectivity index (χ0) is 42.5. The van der Waals surface area contributed by atoms with Crippen LogP contribution in [0.15, 0.2) is 48.6 Å². The molecule has 20 heteroatoms. The topological polar surface area (TPSA) is 264 Å². The van der Waals surface area contributed by atoms with Gasteiger partial charge in [-0.05, 0) is 70.5 Å². The van der Waals surface area contributed by atoms with E-state index in [1.807, 2.05) is 62.8 Å². The molecule has 2 unspecified atom stereocenters. The highest BCUT2D eigenvalue weighted by Gasteiger charge is 2.38. The first-order chi connectivity index (χ1) is 28.3. The van der Waals surface area contributed by atoms with Crippen LogP contribution in [0.5, 0.6) is 11.5 Å². The number of ether oxygens (including phenoxy) is 2. The lowest BCUT2D eigenvalue weighted by atomic mass is 10.1. The molecular formula is C39H52N14O6.